The Kier molecular flexibility index (Phi) is 10.3. The quantitative estimate of drug-likeness (QED) is 0.240. The van der Waals surface area contributed by atoms with Crippen molar-refractivity contribution >= 4 is 23.2 Å². The second-order valence-electron chi connectivity index (χ2n) is 9.44. The van der Waals surface area contributed by atoms with Crippen LogP contribution in [0.2, 0.25) is 0 Å². The molecular formula is C32H38N2O7. The summed E-state index contributed by atoms with van der Waals surface area (Å²) in [6, 6.07) is 16.5. The minimum atomic E-state index is -0.349. The van der Waals surface area contributed by atoms with Crippen molar-refractivity contribution in [2.45, 2.75) is 40.5 Å². The highest BCUT2D eigenvalue weighted by Gasteiger charge is 2.26. The largest absolute Gasteiger partial charge is 0.494 e. The molecule has 0 atom stereocenters. The van der Waals surface area contributed by atoms with Gasteiger partial charge in [0.1, 0.15) is 11.5 Å². The Morgan fingerprint density at radius 3 is 2.22 bits per heavy atom. The van der Waals surface area contributed by atoms with Crippen molar-refractivity contribution in [3.8, 4) is 28.7 Å². The number of aryl methyl sites for hydroxylation is 1. The summed E-state index contributed by atoms with van der Waals surface area (Å²) in [7, 11) is 0. The second kappa shape index (κ2) is 14.3. The summed E-state index contributed by atoms with van der Waals surface area (Å²) in [5.74, 6) is 2.29. The van der Waals surface area contributed by atoms with Gasteiger partial charge in [-0.15, -0.1) is 0 Å². The van der Waals surface area contributed by atoms with Gasteiger partial charge in [0.25, 0.3) is 11.8 Å². The number of ether oxygens (including phenoxy) is 5. The Labute approximate surface area is 241 Å². The van der Waals surface area contributed by atoms with E-state index in [1.165, 1.54) is 5.56 Å². The number of benzene rings is 3. The normalized spacial score (nSPS) is 12.3. The summed E-state index contributed by atoms with van der Waals surface area (Å²) < 4.78 is 28.7. The lowest BCUT2D eigenvalue weighted by Gasteiger charge is -2.30. The van der Waals surface area contributed by atoms with Gasteiger partial charge in [-0.05, 0) is 83.0 Å². The molecule has 0 saturated carbocycles. The molecule has 218 valence electrons. The van der Waals surface area contributed by atoms with Crippen molar-refractivity contribution in [2.24, 2.45) is 0 Å². The summed E-state index contributed by atoms with van der Waals surface area (Å²) in [6.45, 7) is 9.92. The number of anilines is 2. The first-order chi connectivity index (χ1) is 19.9. The van der Waals surface area contributed by atoms with Gasteiger partial charge in [0, 0.05) is 17.8 Å². The number of hydrogen-bond donors (Lipinski definition) is 1. The molecule has 0 saturated heterocycles. The van der Waals surface area contributed by atoms with Crippen molar-refractivity contribution in [1.29, 1.82) is 0 Å². The molecule has 0 bridgehead atoms. The van der Waals surface area contributed by atoms with Gasteiger partial charge in [0.05, 0.1) is 32.1 Å². The fourth-order valence-corrected chi connectivity index (χ4v) is 4.44. The summed E-state index contributed by atoms with van der Waals surface area (Å²) >= 11 is 0. The number of nitrogens with one attached hydrogen (secondary N) is 1. The lowest BCUT2D eigenvalue weighted by Crippen LogP contribution is -2.39. The number of rotatable bonds is 14. The van der Waals surface area contributed by atoms with Gasteiger partial charge in [-0.3, -0.25) is 9.59 Å². The van der Waals surface area contributed by atoms with Crippen LogP contribution in [0.15, 0.2) is 54.6 Å². The average Bonchev–Trinajstić information content (AvgIpc) is 2.96. The number of carbonyl (C=O) groups excluding carboxylic acids is 2. The van der Waals surface area contributed by atoms with Gasteiger partial charge in [-0.25, -0.2) is 0 Å². The topological polar surface area (TPSA) is 95.6 Å². The molecule has 1 N–H and O–H groups in total. The van der Waals surface area contributed by atoms with Gasteiger partial charge in [-0.2, -0.15) is 0 Å². The van der Waals surface area contributed by atoms with Crippen LogP contribution >= 0.6 is 0 Å². The lowest BCUT2D eigenvalue weighted by atomic mass is 10.1. The van der Waals surface area contributed by atoms with Crippen LogP contribution in [0.5, 0.6) is 28.7 Å². The van der Waals surface area contributed by atoms with Crippen molar-refractivity contribution in [1.82, 2.24) is 0 Å². The van der Waals surface area contributed by atoms with Crippen LogP contribution < -0.4 is 33.9 Å². The maximum absolute atomic E-state index is 13.3. The first kappa shape index (κ1) is 29.6. The highest BCUT2D eigenvalue weighted by Crippen LogP contribution is 2.40. The Hall–Kier alpha value is -4.40. The van der Waals surface area contributed by atoms with E-state index in [1.54, 1.807) is 35.2 Å². The molecule has 0 fully saturated rings. The molecule has 1 aliphatic heterocycles. The van der Waals surface area contributed by atoms with Crippen molar-refractivity contribution in [3.05, 3.63) is 65.7 Å². The summed E-state index contributed by atoms with van der Waals surface area (Å²) in [4.78, 5) is 27.8. The van der Waals surface area contributed by atoms with Crippen LogP contribution in [-0.2, 0) is 4.79 Å². The maximum atomic E-state index is 13.3. The molecule has 0 spiro atoms. The number of nitrogens with zero attached hydrogens (tertiary/aromatic N) is 1. The summed E-state index contributed by atoms with van der Waals surface area (Å²) in [5, 5.41) is 2.93. The Bertz CT molecular complexity index is 1310. The van der Waals surface area contributed by atoms with E-state index in [2.05, 4.69) is 5.32 Å². The molecule has 1 aliphatic rings. The Balaban J connectivity index is 1.45. The number of carbonyl (C=O) groups is 2. The molecule has 3 aromatic rings. The molecule has 9 nitrogen and oxygen atoms in total. The van der Waals surface area contributed by atoms with Crippen LogP contribution in [0.3, 0.4) is 0 Å². The molecule has 0 aliphatic carbocycles. The highest BCUT2D eigenvalue weighted by molar-refractivity contribution is 6.06. The molecule has 9 heteroatoms. The summed E-state index contributed by atoms with van der Waals surface area (Å²) in [5.41, 5.74) is 2.69. The molecule has 3 aromatic carbocycles. The number of hydrogen-bond acceptors (Lipinski definition) is 7. The Morgan fingerprint density at radius 2 is 1.56 bits per heavy atom. The van der Waals surface area contributed by atoms with Crippen LogP contribution in [0.1, 0.15) is 49.5 Å². The molecule has 0 aromatic heterocycles. The first-order valence-electron chi connectivity index (χ1n) is 14.1. The molecule has 1 heterocycles. The SMILES string of the molecule is CCOc1cc(C(=O)Nc2ccc3c(c2)N(CCCCOc2ccc(C)cc2)C(=O)CO3)cc(OCC)c1OCC. The number of unbranched alkanes of at least 4 members (excludes halogenated alkanes) is 1. The monoisotopic (exact) mass is 562 g/mol. The van der Waals surface area contributed by atoms with E-state index in [4.69, 9.17) is 23.7 Å². The van der Waals surface area contributed by atoms with Crippen LogP contribution in [0, 0.1) is 6.92 Å². The third-order valence-electron chi connectivity index (χ3n) is 6.40. The van der Waals surface area contributed by atoms with Crippen LogP contribution in [0.25, 0.3) is 0 Å². The minimum Gasteiger partial charge on any atom is -0.494 e. The van der Waals surface area contributed by atoms with E-state index < -0.39 is 0 Å². The molecule has 0 unspecified atom stereocenters. The minimum absolute atomic E-state index is 0.0227. The fraction of sp³-hybridized carbons (Fsp3) is 0.375. The lowest BCUT2D eigenvalue weighted by molar-refractivity contribution is -0.121. The molecule has 41 heavy (non-hydrogen) atoms. The number of amides is 2. The average molecular weight is 563 g/mol. The zero-order valence-electron chi connectivity index (χ0n) is 24.2. The third kappa shape index (κ3) is 7.63. The van der Waals surface area contributed by atoms with Crippen molar-refractivity contribution in [2.75, 3.05) is 49.8 Å². The van der Waals surface area contributed by atoms with E-state index in [-0.39, 0.29) is 18.4 Å². The predicted octanol–water partition coefficient (Wildman–Crippen LogP) is 6.03. The van der Waals surface area contributed by atoms with E-state index in [0.29, 0.717) is 72.9 Å². The van der Waals surface area contributed by atoms with Crippen LogP contribution in [-0.4, -0.2) is 51.4 Å². The van der Waals surface area contributed by atoms with Crippen molar-refractivity contribution < 1.29 is 33.3 Å². The predicted molar refractivity (Wildman–Crippen MR) is 158 cm³/mol. The highest BCUT2D eigenvalue weighted by atomic mass is 16.5. The second-order valence-corrected chi connectivity index (χ2v) is 9.44. The third-order valence-corrected chi connectivity index (χ3v) is 6.40. The maximum Gasteiger partial charge on any atom is 0.265 e. The molecular weight excluding hydrogens is 524 g/mol. The zero-order chi connectivity index (χ0) is 29.2. The van der Waals surface area contributed by atoms with E-state index >= 15 is 0 Å². The van der Waals surface area contributed by atoms with Crippen LogP contribution in [0.4, 0.5) is 11.4 Å². The van der Waals surface area contributed by atoms with Gasteiger partial charge in [0.2, 0.25) is 5.75 Å². The van der Waals surface area contributed by atoms with Gasteiger partial charge >= 0.3 is 0 Å². The molecule has 2 amide bonds. The fourth-order valence-electron chi connectivity index (χ4n) is 4.44. The zero-order valence-corrected chi connectivity index (χ0v) is 24.2. The molecule has 4 rings (SSSR count). The first-order valence-corrected chi connectivity index (χ1v) is 14.1. The summed E-state index contributed by atoms with van der Waals surface area (Å²) in [6.07, 6.45) is 1.53. The smallest absolute Gasteiger partial charge is 0.265 e. The standard InChI is InChI=1S/C32H38N2O7/c1-5-37-28-18-23(19-29(38-6-2)31(28)39-7-3)32(36)33-24-12-15-27-26(20-24)34(30(35)21-41-27)16-8-9-17-40-25-13-10-22(4)11-14-25/h10-15,18-20H,5-9,16-17,21H2,1-4H3,(H,33,36). The van der Waals surface area contributed by atoms with Crippen molar-refractivity contribution in [3.63, 3.8) is 0 Å². The Morgan fingerprint density at radius 1 is 0.878 bits per heavy atom. The molecule has 0 radical (unpaired) electrons. The van der Waals surface area contributed by atoms with Gasteiger partial charge in [0.15, 0.2) is 18.1 Å². The van der Waals surface area contributed by atoms with E-state index in [9.17, 15) is 9.59 Å². The van der Waals surface area contributed by atoms with E-state index in [0.717, 1.165) is 18.6 Å². The van der Waals surface area contributed by atoms with E-state index in [1.807, 2.05) is 52.0 Å². The van der Waals surface area contributed by atoms with Gasteiger partial charge in [-0.1, -0.05) is 17.7 Å². The van der Waals surface area contributed by atoms with Gasteiger partial charge < -0.3 is 33.9 Å². The number of fused-ring (bicyclic) bond motifs is 1.